The Labute approximate surface area is 199 Å². The molecule has 0 saturated heterocycles. The summed E-state index contributed by atoms with van der Waals surface area (Å²) in [7, 11) is 0. The van der Waals surface area contributed by atoms with Crippen molar-refractivity contribution < 1.29 is 33.0 Å². The number of amides is 1. The number of carboxylic acids is 1. The molecule has 0 fully saturated rings. The molecule has 0 aliphatic carbocycles. The summed E-state index contributed by atoms with van der Waals surface area (Å²) in [5, 5.41) is 9.37. The van der Waals surface area contributed by atoms with Crippen LogP contribution < -0.4 is 4.74 Å². The van der Waals surface area contributed by atoms with Crippen molar-refractivity contribution in [3.05, 3.63) is 99.6 Å². The van der Waals surface area contributed by atoms with Crippen molar-refractivity contribution in [1.82, 2.24) is 4.90 Å². The van der Waals surface area contributed by atoms with Crippen LogP contribution in [0.25, 0.3) is 0 Å². The number of rotatable bonds is 6. The molecule has 1 aliphatic heterocycles. The van der Waals surface area contributed by atoms with E-state index >= 15 is 0 Å². The van der Waals surface area contributed by atoms with Gasteiger partial charge in [0.15, 0.2) is 6.61 Å². The number of hydrogen-bond acceptors (Lipinski definition) is 4. The number of aliphatic carboxylic acids is 1. The van der Waals surface area contributed by atoms with E-state index in [1.54, 1.807) is 18.2 Å². The molecule has 6 nitrogen and oxygen atoms in total. The summed E-state index contributed by atoms with van der Waals surface area (Å²) in [5.74, 6) is -1.92. The molecule has 0 bridgehead atoms. The van der Waals surface area contributed by atoms with E-state index in [9.17, 15) is 18.4 Å². The summed E-state index contributed by atoms with van der Waals surface area (Å²) < 4.78 is 39.5. The summed E-state index contributed by atoms with van der Waals surface area (Å²) in [6.45, 7) is -0.794. The van der Waals surface area contributed by atoms with Crippen LogP contribution in [0.4, 0.5) is 13.6 Å². The first-order chi connectivity index (χ1) is 16.3. The summed E-state index contributed by atoms with van der Waals surface area (Å²) >= 11 is 6.22. The number of ether oxygens (including phenoxy) is 2. The minimum Gasteiger partial charge on any atom is -0.482 e. The molecule has 1 unspecified atom stereocenters. The number of nitrogens with zero attached hydrogens (tertiary/aromatic N) is 1. The molecule has 9 heteroatoms. The lowest BCUT2D eigenvalue weighted by atomic mass is 9.87. The first kappa shape index (κ1) is 23.5. The number of carbonyl (C=O) groups is 2. The van der Waals surface area contributed by atoms with Crippen LogP contribution in [0.2, 0.25) is 5.02 Å². The highest BCUT2D eigenvalue weighted by atomic mass is 35.5. The largest absolute Gasteiger partial charge is 0.482 e. The van der Waals surface area contributed by atoms with Gasteiger partial charge in [0, 0.05) is 22.7 Å². The van der Waals surface area contributed by atoms with Crippen molar-refractivity contribution in [1.29, 1.82) is 0 Å². The highest BCUT2D eigenvalue weighted by Gasteiger charge is 2.36. The molecule has 3 aromatic carbocycles. The average molecular weight is 488 g/mol. The van der Waals surface area contributed by atoms with Gasteiger partial charge in [-0.15, -0.1) is 0 Å². The fraction of sp³-hybridized carbons (Fsp3) is 0.200. The van der Waals surface area contributed by atoms with Gasteiger partial charge in [0.2, 0.25) is 0 Å². The second-order valence-electron chi connectivity index (χ2n) is 7.66. The third-order valence-corrected chi connectivity index (χ3v) is 5.76. The molecule has 1 atom stereocenters. The molecule has 1 aliphatic rings. The Bertz CT molecular complexity index is 1240. The van der Waals surface area contributed by atoms with Gasteiger partial charge in [0.05, 0.1) is 6.04 Å². The number of halogens is 3. The summed E-state index contributed by atoms with van der Waals surface area (Å²) in [6, 6.07) is 14.2. The van der Waals surface area contributed by atoms with Gasteiger partial charge in [0.25, 0.3) is 0 Å². The molecule has 176 valence electrons. The number of carbonyl (C=O) groups excluding carboxylic acids is 1. The van der Waals surface area contributed by atoms with Crippen molar-refractivity contribution in [3.63, 3.8) is 0 Å². The van der Waals surface area contributed by atoms with E-state index in [1.165, 1.54) is 47.4 Å². The van der Waals surface area contributed by atoms with E-state index < -0.39 is 36.3 Å². The SMILES string of the molecule is O=C(O)COc1ccc(Cl)cc1C1c2cccc(F)c2CCN1C(=O)OCc1ccccc1F. The highest BCUT2D eigenvalue weighted by molar-refractivity contribution is 6.30. The second-order valence-corrected chi connectivity index (χ2v) is 8.10. The Morgan fingerprint density at radius 2 is 1.79 bits per heavy atom. The van der Waals surface area contributed by atoms with Crippen LogP contribution in [-0.2, 0) is 22.6 Å². The van der Waals surface area contributed by atoms with Gasteiger partial charge in [0.1, 0.15) is 24.0 Å². The normalized spacial score (nSPS) is 14.9. The van der Waals surface area contributed by atoms with Gasteiger partial charge in [-0.3, -0.25) is 4.90 Å². The lowest BCUT2D eigenvalue weighted by Crippen LogP contribution is -2.41. The van der Waals surface area contributed by atoms with E-state index in [1.807, 2.05) is 0 Å². The van der Waals surface area contributed by atoms with Crippen LogP contribution in [0.3, 0.4) is 0 Å². The third-order valence-electron chi connectivity index (χ3n) is 5.53. The van der Waals surface area contributed by atoms with Gasteiger partial charge in [-0.1, -0.05) is 41.9 Å². The monoisotopic (exact) mass is 487 g/mol. The Morgan fingerprint density at radius 1 is 1.03 bits per heavy atom. The summed E-state index contributed by atoms with van der Waals surface area (Å²) in [4.78, 5) is 25.6. The maximum atomic E-state index is 14.6. The molecular formula is C25H20ClF2NO5. The van der Waals surface area contributed by atoms with E-state index in [0.717, 1.165) is 0 Å². The molecule has 4 rings (SSSR count). The van der Waals surface area contributed by atoms with Crippen molar-refractivity contribution in [3.8, 4) is 5.75 Å². The van der Waals surface area contributed by atoms with Crippen LogP contribution in [0.15, 0.2) is 60.7 Å². The van der Waals surface area contributed by atoms with E-state index in [-0.39, 0.29) is 30.9 Å². The quantitative estimate of drug-likeness (QED) is 0.506. The van der Waals surface area contributed by atoms with Crippen molar-refractivity contribution in [2.75, 3.05) is 13.2 Å². The molecule has 3 aromatic rings. The lowest BCUT2D eigenvalue weighted by Gasteiger charge is -2.37. The van der Waals surface area contributed by atoms with Crippen molar-refractivity contribution >= 4 is 23.7 Å². The Morgan fingerprint density at radius 3 is 2.56 bits per heavy atom. The maximum Gasteiger partial charge on any atom is 0.410 e. The highest BCUT2D eigenvalue weighted by Crippen LogP contribution is 2.41. The molecule has 0 saturated carbocycles. The molecule has 0 radical (unpaired) electrons. The number of benzene rings is 3. The number of fused-ring (bicyclic) bond motifs is 1. The fourth-order valence-corrected chi connectivity index (χ4v) is 4.18. The second kappa shape index (κ2) is 10.1. The van der Waals surface area contributed by atoms with E-state index in [0.29, 0.717) is 21.7 Å². The zero-order valence-electron chi connectivity index (χ0n) is 17.8. The molecule has 34 heavy (non-hydrogen) atoms. The Hall–Kier alpha value is -3.65. The first-order valence-corrected chi connectivity index (χ1v) is 10.8. The van der Waals surface area contributed by atoms with Crippen LogP contribution in [0.1, 0.15) is 28.3 Å². The Kier molecular flexibility index (Phi) is 6.98. The Balaban J connectivity index is 1.73. The molecule has 1 heterocycles. The van der Waals surface area contributed by atoms with E-state index in [2.05, 4.69) is 0 Å². The topological polar surface area (TPSA) is 76.1 Å². The van der Waals surface area contributed by atoms with Gasteiger partial charge >= 0.3 is 12.1 Å². The lowest BCUT2D eigenvalue weighted by molar-refractivity contribution is -0.139. The van der Waals surface area contributed by atoms with E-state index in [4.69, 9.17) is 26.2 Å². The van der Waals surface area contributed by atoms with Crippen LogP contribution in [0, 0.1) is 11.6 Å². The van der Waals surface area contributed by atoms with Crippen LogP contribution in [-0.4, -0.2) is 35.2 Å². The molecular weight excluding hydrogens is 468 g/mol. The third kappa shape index (κ3) is 4.97. The maximum absolute atomic E-state index is 14.6. The average Bonchev–Trinajstić information content (AvgIpc) is 2.82. The summed E-state index contributed by atoms with van der Waals surface area (Å²) in [6.07, 6.45) is -0.508. The number of carboxylic acid groups (broad SMARTS) is 1. The van der Waals surface area contributed by atoms with Gasteiger partial charge in [-0.2, -0.15) is 0 Å². The van der Waals surface area contributed by atoms with Crippen LogP contribution in [0.5, 0.6) is 5.75 Å². The predicted molar refractivity (Wildman–Crippen MR) is 120 cm³/mol. The standard InChI is InChI=1S/C25H20ClF2NO5/c26-16-8-9-22(33-14-23(30)31)19(12-16)24-18-5-3-7-21(28)17(18)10-11-29(24)25(32)34-13-15-4-1-2-6-20(15)27/h1-9,12,24H,10-11,13-14H2,(H,30,31). The number of hydrogen-bond donors (Lipinski definition) is 1. The molecule has 0 spiro atoms. The molecule has 1 amide bonds. The minimum absolute atomic E-state index is 0.111. The fourth-order valence-electron chi connectivity index (χ4n) is 4.00. The van der Waals surface area contributed by atoms with Gasteiger partial charge < -0.3 is 14.6 Å². The molecule has 0 aromatic heterocycles. The minimum atomic E-state index is -1.18. The zero-order valence-corrected chi connectivity index (χ0v) is 18.6. The molecule has 1 N–H and O–H groups in total. The summed E-state index contributed by atoms with van der Waals surface area (Å²) in [5.41, 5.74) is 1.51. The van der Waals surface area contributed by atoms with Crippen LogP contribution >= 0.6 is 11.6 Å². The first-order valence-electron chi connectivity index (χ1n) is 10.4. The smallest absolute Gasteiger partial charge is 0.410 e. The van der Waals surface area contributed by atoms with Crippen molar-refractivity contribution in [2.24, 2.45) is 0 Å². The zero-order chi connectivity index (χ0) is 24.2. The van der Waals surface area contributed by atoms with Gasteiger partial charge in [-0.05, 0) is 47.9 Å². The van der Waals surface area contributed by atoms with Gasteiger partial charge in [-0.25, -0.2) is 18.4 Å². The predicted octanol–water partition coefficient (Wildman–Crippen LogP) is 5.37. The van der Waals surface area contributed by atoms with Crippen molar-refractivity contribution in [2.45, 2.75) is 19.1 Å².